The Morgan fingerprint density at radius 2 is 1.86 bits per heavy atom. The van der Waals surface area contributed by atoms with Gasteiger partial charge >= 0.3 is 6.09 Å². The van der Waals surface area contributed by atoms with Gasteiger partial charge in [-0.25, -0.2) is 9.18 Å². The average molecular weight is 614 g/mol. The number of alkyl carbamates (subject to hydrolysis) is 1. The molecule has 2 atom stereocenters. The first kappa shape index (κ1) is 34.6. The summed E-state index contributed by atoms with van der Waals surface area (Å²) in [6.45, 7) is 10.8. The van der Waals surface area contributed by atoms with Crippen molar-refractivity contribution in [2.45, 2.75) is 97.2 Å². The van der Waals surface area contributed by atoms with Crippen molar-refractivity contribution in [3.8, 4) is 11.8 Å². The van der Waals surface area contributed by atoms with E-state index in [1.807, 2.05) is 0 Å². The van der Waals surface area contributed by atoms with E-state index < -0.39 is 35.5 Å². The van der Waals surface area contributed by atoms with Crippen molar-refractivity contribution in [2.24, 2.45) is 11.8 Å². The van der Waals surface area contributed by atoms with E-state index in [0.29, 0.717) is 50.8 Å². The number of amidine groups is 1. The number of halogens is 1. The fraction of sp³-hybridized carbons (Fsp3) is 0.656. The lowest BCUT2D eigenvalue weighted by Crippen LogP contribution is -2.51. The molecule has 3 rings (SSSR count). The molecule has 2 fully saturated rings. The second kappa shape index (κ2) is 15.7. The van der Waals surface area contributed by atoms with Crippen LogP contribution in [0.1, 0.15) is 78.7 Å². The van der Waals surface area contributed by atoms with Gasteiger partial charge in [0.2, 0.25) is 11.9 Å². The molecule has 11 nitrogen and oxygen atoms in total. The zero-order chi connectivity index (χ0) is 32.4. The highest BCUT2D eigenvalue weighted by Crippen LogP contribution is 2.24. The van der Waals surface area contributed by atoms with Crippen molar-refractivity contribution in [3.63, 3.8) is 0 Å². The summed E-state index contributed by atoms with van der Waals surface area (Å²) in [5.41, 5.74) is -0.551. The molecule has 2 aliphatic rings. The molecule has 0 spiro atoms. The van der Waals surface area contributed by atoms with Crippen molar-refractivity contribution in [2.75, 3.05) is 26.2 Å². The van der Waals surface area contributed by atoms with Gasteiger partial charge < -0.3 is 35.3 Å². The topological polar surface area (TPSA) is 146 Å². The molecule has 1 aromatic carbocycles. The number of urea groups is 1. The third-order valence-corrected chi connectivity index (χ3v) is 7.83. The summed E-state index contributed by atoms with van der Waals surface area (Å²) in [7, 11) is 0. The molecule has 0 unspecified atom stereocenters. The summed E-state index contributed by atoms with van der Waals surface area (Å²) in [6.07, 6.45) is 3.76. The lowest BCUT2D eigenvalue weighted by atomic mass is 9.92. The zero-order valence-electron chi connectivity index (χ0n) is 26.5. The first-order chi connectivity index (χ1) is 20.8. The maximum atomic E-state index is 15.2. The molecule has 242 valence electrons. The van der Waals surface area contributed by atoms with Gasteiger partial charge in [0.1, 0.15) is 29.3 Å². The number of ether oxygens (including phenoxy) is 2. The van der Waals surface area contributed by atoms with Crippen molar-refractivity contribution >= 4 is 23.9 Å². The Morgan fingerprint density at radius 1 is 1.16 bits per heavy atom. The van der Waals surface area contributed by atoms with E-state index in [4.69, 9.17) is 9.47 Å². The normalized spacial score (nSPS) is 18.0. The highest BCUT2D eigenvalue weighted by atomic mass is 19.1. The second-order valence-corrected chi connectivity index (χ2v) is 12.9. The van der Waals surface area contributed by atoms with Gasteiger partial charge in [0, 0.05) is 32.1 Å². The first-order valence-corrected chi connectivity index (χ1v) is 15.5. The molecule has 0 aliphatic carbocycles. The maximum Gasteiger partial charge on any atom is 0.408 e. The van der Waals surface area contributed by atoms with Crippen molar-refractivity contribution in [3.05, 3.63) is 35.0 Å². The van der Waals surface area contributed by atoms with Crippen LogP contribution in [0.5, 0.6) is 5.75 Å². The van der Waals surface area contributed by atoms with Crippen LogP contribution in [0.2, 0.25) is 0 Å². The number of hydrogen-bond acceptors (Lipinski definition) is 6. The van der Waals surface area contributed by atoms with E-state index in [2.05, 4.69) is 16.7 Å². The molecule has 0 bridgehead atoms. The lowest BCUT2D eigenvalue weighted by Gasteiger charge is -2.35. The molecule has 12 heteroatoms. The van der Waals surface area contributed by atoms with Gasteiger partial charge in [-0.1, -0.05) is 25.7 Å². The third kappa shape index (κ3) is 10.4. The van der Waals surface area contributed by atoms with Crippen LogP contribution >= 0.6 is 0 Å². The molecule has 1 aromatic rings. The summed E-state index contributed by atoms with van der Waals surface area (Å²) >= 11 is 0. The summed E-state index contributed by atoms with van der Waals surface area (Å²) in [5.74, 6) is -0.352. The van der Waals surface area contributed by atoms with Gasteiger partial charge in [-0.05, 0) is 82.8 Å². The van der Waals surface area contributed by atoms with Gasteiger partial charge in [0.25, 0.3) is 0 Å². The first-order valence-electron chi connectivity index (χ1n) is 15.5. The summed E-state index contributed by atoms with van der Waals surface area (Å²) in [4.78, 5) is 41.3. The van der Waals surface area contributed by atoms with Crippen molar-refractivity contribution in [1.29, 1.82) is 5.26 Å². The number of piperidine rings is 1. The Hall–Kier alpha value is -3.88. The van der Waals surface area contributed by atoms with Crippen LogP contribution in [0.3, 0.4) is 0 Å². The molecular formula is C32H46FN6O5-. The number of nitrogens with zero attached hydrogens (tertiary/aromatic N) is 4. The summed E-state index contributed by atoms with van der Waals surface area (Å²) in [6, 6.07) is 4.63. The fourth-order valence-electron chi connectivity index (χ4n) is 5.34. The summed E-state index contributed by atoms with van der Waals surface area (Å²) < 4.78 is 26.3. The number of likely N-dealkylation sites (tertiary alicyclic amines) is 2. The van der Waals surface area contributed by atoms with Crippen molar-refractivity contribution in [1.82, 2.24) is 20.4 Å². The van der Waals surface area contributed by atoms with Crippen LogP contribution < -0.4 is 15.4 Å². The largest absolute Gasteiger partial charge is 0.493 e. The average Bonchev–Trinajstić information content (AvgIpc) is 3.44. The van der Waals surface area contributed by atoms with Crippen LogP contribution in [0, 0.1) is 29.0 Å². The highest BCUT2D eigenvalue weighted by Gasteiger charge is 2.35. The quantitative estimate of drug-likeness (QED) is 0.216. The number of rotatable bonds is 10. The van der Waals surface area contributed by atoms with Crippen LogP contribution in [-0.2, 0) is 16.0 Å². The minimum Gasteiger partial charge on any atom is -0.493 e. The van der Waals surface area contributed by atoms with Gasteiger partial charge in [0.15, 0.2) is 0 Å². The SMILES string of the molecule is CC(C)C(=[N-])NC(=O)N1CCC(CCCOc2ccc(C[C@H](NC(=O)OC(C)(C)C)C(=O)N3CCC[C@H]3C#N)c(F)c2)CC1. The third-order valence-electron chi connectivity index (χ3n) is 7.83. The Balaban J connectivity index is 1.50. The maximum absolute atomic E-state index is 15.2. The predicted octanol–water partition coefficient (Wildman–Crippen LogP) is 4.98. The Labute approximate surface area is 259 Å². The molecule has 0 aromatic heterocycles. The number of carbonyl (C=O) groups is 3. The molecule has 44 heavy (non-hydrogen) atoms. The van der Waals surface area contributed by atoms with Gasteiger partial charge in [-0.3, -0.25) is 9.59 Å². The molecule has 2 N–H and O–H groups in total. The van der Waals surface area contributed by atoms with Crippen LogP contribution in [0.4, 0.5) is 14.0 Å². The monoisotopic (exact) mass is 613 g/mol. The van der Waals surface area contributed by atoms with E-state index in [-0.39, 0.29) is 29.8 Å². The van der Waals surface area contributed by atoms with E-state index >= 15 is 4.39 Å². The summed E-state index contributed by atoms with van der Waals surface area (Å²) in [5, 5.41) is 24.4. The van der Waals surface area contributed by atoms with E-state index in [1.54, 1.807) is 51.7 Å². The Kier molecular flexibility index (Phi) is 12.4. The number of carbonyl (C=O) groups excluding carboxylic acids is 3. The van der Waals surface area contributed by atoms with Crippen LogP contribution in [0.25, 0.3) is 5.41 Å². The lowest BCUT2D eigenvalue weighted by molar-refractivity contribution is -0.133. The highest BCUT2D eigenvalue weighted by molar-refractivity contribution is 6.00. The number of nitrogens with one attached hydrogen (secondary N) is 2. The van der Waals surface area contributed by atoms with Gasteiger partial charge in [-0.2, -0.15) is 5.26 Å². The molecule has 0 saturated carbocycles. The molecule has 2 heterocycles. The van der Waals surface area contributed by atoms with E-state index in [1.165, 1.54) is 11.0 Å². The van der Waals surface area contributed by atoms with Crippen molar-refractivity contribution < 1.29 is 28.2 Å². The molecule has 2 aliphatic heterocycles. The smallest absolute Gasteiger partial charge is 0.408 e. The standard InChI is InChI=1S/C32H46FN6O5/c1-21(2)28(35)37-30(41)38-15-12-22(13-16-38)8-7-17-43-25-11-10-23(26(33)19-25)18-27(36-31(42)44-32(3,4)5)29(40)39-14-6-9-24(39)20-34/h10-11,19,21-22,24,27H,6-9,12-18H2,1-5H3,(H2-,35,36,37,41,42)/q-1/t24-,27-/m0/s1. The molecule has 4 amide bonds. The Bertz CT molecular complexity index is 1220. The van der Waals surface area contributed by atoms with Crippen LogP contribution in [-0.4, -0.2) is 77.6 Å². The molecule has 0 radical (unpaired) electrons. The van der Waals surface area contributed by atoms with Gasteiger partial charge in [0.05, 0.1) is 12.7 Å². The fourth-order valence-corrected chi connectivity index (χ4v) is 5.34. The number of benzene rings is 1. The number of hydrogen-bond donors (Lipinski definition) is 2. The molecule has 2 saturated heterocycles. The number of amides is 4. The van der Waals surface area contributed by atoms with Crippen LogP contribution in [0.15, 0.2) is 18.2 Å². The van der Waals surface area contributed by atoms with E-state index in [0.717, 1.165) is 25.7 Å². The minimum absolute atomic E-state index is 0.0275. The predicted molar refractivity (Wildman–Crippen MR) is 164 cm³/mol. The Morgan fingerprint density at radius 3 is 2.48 bits per heavy atom. The van der Waals surface area contributed by atoms with E-state index in [9.17, 15) is 25.1 Å². The van der Waals surface area contributed by atoms with Gasteiger partial charge in [-0.15, -0.1) is 0 Å². The minimum atomic E-state index is -1.10. The zero-order valence-corrected chi connectivity index (χ0v) is 26.5. The molecular weight excluding hydrogens is 567 g/mol. The second-order valence-electron chi connectivity index (χ2n) is 12.9. The number of nitriles is 1.